The maximum absolute atomic E-state index is 11.8. The van der Waals surface area contributed by atoms with Crippen LogP contribution in [0.2, 0.25) is 0 Å². The highest BCUT2D eigenvalue weighted by atomic mass is 32.2. The maximum atomic E-state index is 11.8. The van der Waals surface area contributed by atoms with E-state index < -0.39 is 0 Å². The van der Waals surface area contributed by atoms with Gasteiger partial charge in [-0.05, 0) is 42.4 Å². The first-order chi connectivity index (χ1) is 9.27. The minimum atomic E-state index is -0.0527. The molecule has 0 aliphatic carbocycles. The lowest BCUT2D eigenvalue weighted by Gasteiger charge is -2.13. The molecule has 1 aromatic heterocycles. The van der Waals surface area contributed by atoms with Crippen LogP contribution in [-0.4, -0.2) is 16.5 Å². The highest BCUT2D eigenvalue weighted by Crippen LogP contribution is 2.30. The first-order valence-corrected chi connectivity index (χ1v) is 7.38. The zero-order valence-electron chi connectivity index (χ0n) is 11.0. The monoisotopic (exact) mass is 271 g/mol. The highest BCUT2D eigenvalue weighted by Gasteiger charge is 2.16. The molecule has 0 saturated carbocycles. The van der Waals surface area contributed by atoms with Crippen LogP contribution in [0.15, 0.2) is 54.9 Å². The zero-order chi connectivity index (χ0) is 13.5. The number of hydrogen-bond donors (Lipinski definition) is 0. The summed E-state index contributed by atoms with van der Waals surface area (Å²) in [6, 6.07) is 14.0. The Morgan fingerprint density at radius 3 is 2.47 bits per heavy atom. The van der Waals surface area contributed by atoms with Crippen molar-refractivity contribution >= 4 is 17.5 Å². The van der Waals surface area contributed by atoms with E-state index >= 15 is 0 Å². The van der Waals surface area contributed by atoms with Gasteiger partial charge in [0.25, 0.3) is 0 Å². The van der Waals surface area contributed by atoms with Crippen LogP contribution >= 0.6 is 11.8 Å². The average molecular weight is 271 g/mol. The molecule has 0 saturated heterocycles. The summed E-state index contributed by atoms with van der Waals surface area (Å²) in [6.07, 6.45) is 4.57. The molecule has 0 aliphatic rings. The van der Waals surface area contributed by atoms with E-state index in [0.717, 1.165) is 17.7 Å². The van der Waals surface area contributed by atoms with Crippen LogP contribution in [0.1, 0.15) is 23.3 Å². The number of carbonyl (C=O) groups is 1. The second-order valence-electron chi connectivity index (χ2n) is 4.38. The van der Waals surface area contributed by atoms with Crippen LogP contribution in [0.4, 0.5) is 0 Å². The molecule has 0 amide bonds. The average Bonchev–Trinajstić information content (AvgIpc) is 2.45. The smallest absolute Gasteiger partial charge is 0.147 e. The second-order valence-corrected chi connectivity index (χ2v) is 5.59. The molecule has 98 valence electrons. The second kappa shape index (κ2) is 7.10. The molecule has 2 nitrogen and oxygen atoms in total. The Morgan fingerprint density at radius 1 is 1.16 bits per heavy atom. The van der Waals surface area contributed by atoms with E-state index in [1.54, 1.807) is 31.1 Å². The number of Topliss-reactive ketones (excluding diaryl/α,β-unsaturated/α-hetero) is 1. The highest BCUT2D eigenvalue weighted by molar-refractivity contribution is 8.00. The van der Waals surface area contributed by atoms with Crippen molar-refractivity contribution in [1.82, 2.24) is 4.98 Å². The summed E-state index contributed by atoms with van der Waals surface area (Å²) in [7, 11) is 0. The van der Waals surface area contributed by atoms with Gasteiger partial charge in [0.1, 0.15) is 5.78 Å². The summed E-state index contributed by atoms with van der Waals surface area (Å²) < 4.78 is 0. The largest absolute Gasteiger partial charge is 0.298 e. The van der Waals surface area contributed by atoms with Gasteiger partial charge < -0.3 is 0 Å². The molecular formula is C16H17NOS. The standard InChI is InChI=1S/C16H17NOS/c1-13(18)16(15-5-3-2-4-6-15)19-12-9-14-7-10-17-11-8-14/h2-8,10-11,16H,9,12H2,1H3. The van der Waals surface area contributed by atoms with Gasteiger partial charge in [-0.15, -0.1) is 11.8 Å². The molecule has 0 bridgehead atoms. The lowest BCUT2D eigenvalue weighted by molar-refractivity contribution is -0.116. The molecule has 3 heteroatoms. The molecule has 0 fully saturated rings. The minimum absolute atomic E-state index is 0.0527. The molecule has 2 rings (SSSR count). The van der Waals surface area contributed by atoms with E-state index in [-0.39, 0.29) is 11.0 Å². The van der Waals surface area contributed by atoms with Crippen LogP contribution in [0.5, 0.6) is 0 Å². The number of pyridine rings is 1. The van der Waals surface area contributed by atoms with E-state index in [4.69, 9.17) is 0 Å². The number of aromatic nitrogens is 1. The van der Waals surface area contributed by atoms with Crippen molar-refractivity contribution < 1.29 is 4.79 Å². The van der Waals surface area contributed by atoms with Crippen molar-refractivity contribution in [1.29, 1.82) is 0 Å². The fourth-order valence-corrected chi connectivity index (χ4v) is 3.09. The van der Waals surface area contributed by atoms with Crippen LogP contribution < -0.4 is 0 Å². The van der Waals surface area contributed by atoms with Crippen molar-refractivity contribution in [2.45, 2.75) is 18.6 Å². The summed E-state index contributed by atoms with van der Waals surface area (Å²) in [5.74, 6) is 1.15. The normalized spacial score (nSPS) is 12.1. The van der Waals surface area contributed by atoms with E-state index in [1.807, 2.05) is 42.5 Å². The fourth-order valence-electron chi connectivity index (χ4n) is 1.92. The van der Waals surface area contributed by atoms with Gasteiger partial charge in [0, 0.05) is 12.4 Å². The fraction of sp³-hybridized carbons (Fsp3) is 0.250. The Morgan fingerprint density at radius 2 is 1.84 bits per heavy atom. The van der Waals surface area contributed by atoms with Gasteiger partial charge in [0.15, 0.2) is 0 Å². The lowest BCUT2D eigenvalue weighted by Crippen LogP contribution is -2.06. The predicted molar refractivity (Wildman–Crippen MR) is 80.3 cm³/mol. The van der Waals surface area contributed by atoms with Gasteiger partial charge in [-0.25, -0.2) is 0 Å². The summed E-state index contributed by atoms with van der Waals surface area (Å²) in [5.41, 5.74) is 2.35. The number of aryl methyl sites for hydroxylation is 1. The Kier molecular flexibility index (Phi) is 5.16. The van der Waals surface area contributed by atoms with Gasteiger partial charge >= 0.3 is 0 Å². The third kappa shape index (κ3) is 4.21. The topological polar surface area (TPSA) is 30.0 Å². The third-order valence-electron chi connectivity index (χ3n) is 2.90. The Balaban J connectivity index is 1.94. The van der Waals surface area contributed by atoms with Crippen molar-refractivity contribution in [2.75, 3.05) is 5.75 Å². The Labute approximate surface area is 118 Å². The van der Waals surface area contributed by atoms with Gasteiger partial charge in [0.2, 0.25) is 0 Å². The quantitative estimate of drug-likeness (QED) is 0.802. The number of rotatable bonds is 6. The number of benzene rings is 1. The summed E-state index contributed by atoms with van der Waals surface area (Å²) in [5, 5.41) is -0.0527. The predicted octanol–water partition coefficient (Wildman–Crippen LogP) is 3.69. The van der Waals surface area contributed by atoms with Crippen molar-refractivity contribution in [3.8, 4) is 0 Å². The molecule has 1 atom stereocenters. The molecular weight excluding hydrogens is 254 g/mol. The number of nitrogens with zero attached hydrogens (tertiary/aromatic N) is 1. The van der Waals surface area contributed by atoms with Gasteiger partial charge in [-0.3, -0.25) is 9.78 Å². The summed E-state index contributed by atoms with van der Waals surface area (Å²) in [4.78, 5) is 15.8. The number of thioether (sulfide) groups is 1. The van der Waals surface area contributed by atoms with E-state index in [9.17, 15) is 4.79 Å². The number of hydrogen-bond acceptors (Lipinski definition) is 3. The number of ketones is 1. The van der Waals surface area contributed by atoms with Crippen LogP contribution in [0, 0.1) is 0 Å². The Hall–Kier alpha value is -1.61. The first kappa shape index (κ1) is 13.8. The Bertz CT molecular complexity index is 513. The van der Waals surface area contributed by atoms with E-state index in [0.29, 0.717) is 0 Å². The third-order valence-corrected chi connectivity index (χ3v) is 4.27. The molecule has 1 heterocycles. The van der Waals surface area contributed by atoms with Gasteiger partial charge in [-0.1, -0.05) is 30.3 Å². The van der Waals surface area contributed by atoms with Crippen molar-refractivity contribution in [3.63, 3.8) is 0 Å². The number of carbonyl (C=O) groups excluding carboxylic acids is 1. The van der Waals surface area contributed by atoms with E-state index in [2.05, 4.69) is 4.98 Å². The molecule has 0 aliphatic heterocycles. The van der Waals surface area contributed by atoms with Crippen LogP contribution in [-0.2, 0) is 11.2 Å². The molecule has 19 heavy (non-hydrogen) atoms. The molecule has 0 spiro atoms. The van der Waals surface area contributed by atoms with Crippen LogP contribution in [0.3, 0.4) is 0 Å². The minimum Gasteiger partial charge on any atom is -0.298 e. The van der Waals surface area contributed by atoms with Crippen LogP contribution in [0.25, 0.3) is 0 Å². The lowest BCUT2D eigenvalue weighted by atomic mass is 10.1. The molecule has 0 radical (unpaired) electrons. The summed E-state index contributed by atoms with van der Waals surface area (Å²) in [6.45, 7) is 1.66. The zero-order valence-corrected chi connectivity index (χ0v) is 11.8. The van der Waals surface area contributed by atoms with Gasteiger partial charge in [0.05, 0.1) is 5.25 Å². The van der Waals surface area contributed by atoms with Crippen molar-refractivity contribution in [2.24, 2.45) is 0 Å². The van der Waals surface area contributed by atoms with Crippen molar-refractivity contribution in [3.05, 3.63) is 66.0 Å². The SMILES string of the molecule is CC(=O)C(SCCc1ccncc1)c1ccccc1. The maximum Gasteiger partial charge on any atom is 0.147 e. The molecule has 1 aromatic carbocycles. The molecule has 1 unspecified atom stereocenters. The van der Waals surface area contributed by atoms with Gasteiger partial charge in [-0.2, -0.15) is 0 Å². The summed E-state index contributed by atoms with van der Waals surface area (Å²) >= 11 is 1.71. The first-order valence-electron chi connectivity index (χ1n) is 6.33. The molecule has 0 N–H and O–H groups in total. The van der Waals surface area contributed by atoms with E-state index in [1.165, 1.54) is 5.56 Å². The molecule has 2 aromatic rings.